The summed E-state index contributed by atoms with van der Waals surface area (Å²) in [6.45, 7) is 3.06. The van der Waals surface area contributed by atoms with Crippen molar-refractivity contribution < 1.29 is 14.3 Å². The number of aromatic amines is 1. The van der Waals surface area contributed by atoms with E-state index in [2.05, 4.69) is 9.97 Å². The van der Waals surface area contributed by atoms with E-state index in [1.54, 1.807) is 18.9 Å². The van der Waals surface area contributed by atoms with Crippen LogP contribution in [0.15, 0.2) is 35.1 Å². The first kappa shape index (κ1) is 17.2. The number of aryl methyl sites for hydroxylation is 1. The molecule has 1 amide bonds. The summed E-state index contributed by atoms with van der Waals surface area (Å²) in [5, 5.41) is 0. The van der Waals surface area contributed by atoms with Gasteiger partial charge in [-0.25, -0.2) is 4.98 Å². The molecule has 1 aromatic heterocycles. The van der Waals surface area contributed by atoms with Crippen molar-refractivity contribution in [2.45, 2.75) is 19.4 Å². The highest BCUT2D eigenvalue weighted by molar-refractivity contribution is 5.79. The summed E-state index contributed by atoms with van der Waals surface area (Å²) in [4.78, 5) is 32.9. The third kappa shape index (κ3) is 4.24. The van der Waals surface area contributed by atoms with Crippen molar-refractivity contribution in [3.05, 3.63) is 57.8 Å². The minimum absolute atomic E-state index is 0.0168. The van der Waals surface area contributed by atoms with Crippen LogP contribution in [0.4, 0.5) is 0 Å². The highest BCUT2D eigenvalue weighted by atomic mass is 16.5. The number of rotatable bonds is 4. The van der Waals surface area contributed by atoms with Crippen LogP contribution in [-0.4, -0.2) is 47.6 Å². The van der Waals surface area contributed by atoms with Gasteiger partial charge in [0.05, 0.1) is 32.4 Å². The van der Waals surface area contributed by atoms with Crippen molar-refractivity contribution in [2.75, 3.05) is 26.8 Å². The predicted molar refractivity (Wildman–Crippen MR) is 91.6 cm³/mol. The summed E-state index contributed by atoms with van der Waals surface area (Å²) < 4.78 is 10.9. The Hall–Kier alpha value is -2.67. The second-order valence-electron chi connectivity index (χ2n) is 5.98. The van der Waals surface area contributed by atoms with Crippen LogP contribution in [0.2, 0.25) is 0 Å². The zero-order valence-corrected chi connectivity index (χ0v) is 14.3. The Morgan fingerprint density at radius 2 is 2.28 bits per heavy atom. The van der Waals surface area contributed by atoms with Crippen LogP contribution in [0.3, 0.4) is 0 Å². The minimum Gasteiger partial charge on any atom is -0.497 e. The lowest BCUT2D eigenvalue weighted by Crippen LogP contribution is -2.43. The number of morpholine rings is 1. The Kier molecular flexibility index (Phi) is 5.14. The SMILES string of the molecule is COc1cccc(CC(=O)N2CCOC(c3cc(=O)[nH]c(C)n3)C2)c1. The Bertz CT molecular complexity index is 818. The second kappa shape index (κ2) is 7.48. The molecule has 1 saturated heterocycles. The Morgan fingerprint density at radius 3 is 3.04 bits per heavy atom. The number of nitrogens with one attached hydrogen (secondary N) is 1. The van der Waals surface area contributed by atoms with Gasteiger partial charge in [-0.3, -0.25) is 9.59 Å². The average molecular weight is 343 g/mol. The first-order valence-electron chi connectivity index (χ1n) is 8.15. The summed E-state index contributed by atoms with van der Waals surface area (Å²) in [6, 6.07) is 8.90. The molecule has 1 aromatic carbocycles. The number of hydrogen-bond donors (Lipinski definition) is 1. The molecular weight excluding hydrogens is 322 g/mol. The lowest BCUT2D eigenvalue weighted by Gasteiger charge is -2.32. The maximum atomic E-state index is 12.6. The van der Waals surface area contributed by atoms with E-state index in [-0.39, 0.29) is 17.6 Å². The summed E-state index contributed by atoms with van der Waals surface area (Å²) in [7, 11) is 1.60. The lowest BCUT2D eigenvalue weighted by molar-refractivity contribution is -0.138. The van der Waals surface area contributed by atoms with E-state index in [0.29, 0.717) is 37.6 Å². The van der Waals surface area contributed by atoms with E-state index in [4.69, 9.17) is 9.47 Å². The van der Waals surface area contributed by atoms with Crippen LogP contribution in [0.25, 0.3) is 0 Å². The molecule has 2 aromatic rings. The van der Waals surface area contributed by atoms with Gasteiger partial charge in [-0.2, -0.15) is 0 Å². The summed E-state index contributed by atoms with van der Waals surface area (Å²) in [5.41, 5.74) is 1.24. The number of carbonyl (C=O) groups excluding carboxylic acids is 1. The van der Waals surface area contributed by atoms with Crippen LogP contribution in [0, 0.1) is 6.92 Å². The zero-order chi connectivity index (χ0) is 17.8. The Labute approximate surface area is 145 Å². The molecule has 7 heteroatoms. The first-order valence-corrected chi connectivity index (χ1v) is 8.15. The summed E-state index contributed by atoms with van der Waals surface area (Å²) >= 11 is 0. The molecule has 1 aliphatic heterocycles. The molecule has 1 N–H and O–H groups in total. The van der Waals surface area contributed by atoms with Crippen LogP contribution >= 0.6 is 0 Å². The van der Waals surface area contributed by atoms with Crippen molar-refractivity contribution >= 4 is 5.91 Å². The topological polar surface area (TPSA) is 84.5 Å². The lowest BCUT2D eigenvalue weighted by atomic mass is 10.1. The van der Waals surface area contributed by atoms with Gasteiger partial charge in [-0.1, -0.05) is 12.1 Å². The number of nitrogens with zero attached hydrogens (tertiary/aromatic N) is 2. The first-order chi connectivity index (χ1) is 12.0. The van der Waals surface area contributed by atoms with Crippen LogP contribution in [0.5, 0.6) is 5.75 Å². The molecular formula is C18H21N3O4. The van der Waals surface area contributed by atoms with Gasteiger partial charge in [0.25, 0.3) is 5.56 Å². The Balaban J connectivity index is 1.70. The fourth-order valence-corrected chi connectivity index (χ4v) is 2.89. The number of aromatic nitrogens is 2. The number of benzene rings is 1. The largest absolute Gasteiger partial charge is 0.497 e. The molecule has 1 unspecified atom stereocenters. The third-order valence-electron chi connectivity index (χ3n) is 4.12. The van der Waals surface area contributed by atoms with Crippen molar-refractivity contribution in [3.63, 3.8) is 0 Å². The van der Waals surface area contributed by atoms with Crippen molar-refractivity contribution in [2.24, 2.45) is 0 Å². The minimum atomic E-state index is -0.385. The third-order valence-corrected chi connectivity index (χ3v) is 4.12. The summed E-state index contributed by atoms with van der Waals surface area (Å²) in [5.74, 6) is 1.28. The molecule has 0 saturated carbocycles. The van der Waals surface area contributed by atoms with Crippen molar-refractivity contribution in [3.8, 4) is 5.75 Å². The van der Waals surface area contributed by atoms with E-state index in [1.165, 1.54) is 6.07 Å². The fraction of sp³-hybridized carbons (Fsp3) is 0.389. The van der Waals surface area contributed by atoms with Crippen molar-refractivity contribution in [1.82, 2.24) is 14.9 Å². The van der Waals surface area contributed by atoms with Gasteiger partial charge in [0.15, 0.2) is 0 Å². The zero-order valence-electron chi connectivity index (χ0n) is 14.3. The average Bonchev–Trinajstić information content (AvgIpc) is 2.61. The molecule has 0 aliphatic carbocycles. The molecule has 0 radical (unpaired) electrons. The van der Waals surface area contributed by atoms with Gasteiger partial charge in [0.1, 0.15) is 17.7 Å². The predicted octanol–water partition coefficient (Wildman–Crippen LogP) is 1.23. The van der Waals surface area contributed by atoms with Gasteiger partial charge < -0.3 is 19.4 Å². The number of hydrogen-bond acceptors (Lipinski definition) is 5. The van der Waals surface area contributed by atoms with E-state index >= 15 is 0 Å². The molecule has 7 nitrogen and oxygen atoms in total. The van der Waals surface area contributed by atoms with Crippen molar-refractivity contribution in [1.29, 1.82) is 0 Å². The normalized spacial score (nSPS) is 17.4. The molecule has 1 fully saturated rings. The highest BCUT2D eigenvalue weighted by Crippen LogP contribution is 2.21. The van der Waals surface area contributed by atoms with Crippen LogP contribution in [0.1, 0.15) is 23.2 Å². The maximum absolute atomic E-state index is 12.6. The highest BCUT2D eigenvalue weighted by Gasteiger charge is 2.26. The van der Waals surface area contributed by atoms with E-state index < -0.39 is 0 Å². The molecule has 1 aliphatic rings. The standard InChI is InChI=1S/C18H21N3O4/c1-12-19-15(10-17(22)20-12)16-11-21(6-7-25-16)18(23)9-13-4-3-5-14(8-13)24-2/h3-5,8,10,16H,6-7,9,11H2,1-2H3,(H,19,20,22). The molecule has 132 valence electrons. The molecule has 2 heterocycles. The van der Waals surface area contributed by atoms with E-state index in [0.717, 1.165) is 11.3 Å². The quantitative estimate of drug-likeness (QED) is 0.903. The maximum Gasteiger partial charge on any atom is 0.251 e. The van der Waals surface area contributed by atoms with Crippen LogP contribution in [-0.2, 0) is 16.0 Å². The number of carbonyl (C=O) groups is 1. The molecule has 1 atom stereocenters. The van der Waals surface area contributed by atoms with Gasteiger partial charge in [-0.05, 0) is 24.6 Å². The fourth-order valence-electron chi connectivity index (χ4n) is 2.89. The van der Waals surface area contributed by atoms with E-state index in [1.807, 2.05) is 24.3 Å². The van der Waals surface area contributed by atoms with Crippen LogP contribution < -0.4 is 10.3 Å². The second-order valence-corrected chi connectivity index (χ2v) is 5.98. The van der Waals surface area contributed by atoms with Gasteiger partial charge in [0, 0.05) is 12.6 Å². The number of amides is 1. The van der Waals surface area contributed by atoms with Gasteiger partial charge in [0.2, 0.25) is 5.91 Å². The smallest absolute Gasteiger partial charge is 0.251 e. The molecule has 0 bridgehead atoms. The molecule has 3 rings (SSSR count). The molecule has 25 heavy (non-hydrogen) atoms. The number of H-pyrrole nitrogens is 1. The van der Waals surface area contributed by atoms with Gasteiger partial charge in [-0.15, -0.1) is 0 Å². The molecule has 0 spiro atoms. The van der Waals surface area contributed by atoms with Gasteiger partial charge >= 0.3 is 0 Å². The Morgan fingerprint density at radius 1 is 1.44 bits per heavy atom. The summed E-state index contributed by atoms with van der Waals surface area (Å²) in [6.07, 6.45) is -0.0878. The number of methoxy groups -OCH3 is 1. The monoisotopic (exact) mass is 343 g/mol. The van der Waals surface area contributed by atoms with E-state index in [9.17, 15) is 9.59 Å². The number of ether oxygens (including phenoxy) is 2.